The summed E-state index contributed by atoms with van der Waals surface area (Å²) >= 11 is 7.09. The van der Waals surface area contributed by atoms with E-state index in [1.807, 2.05) is 52.0 Å². The fraction of sp³-hybridized carbons (Fsp3) is 0.447. The van der Waals surface area contributed by atoms with Gasteiger partial charge in [0.15, 0.2) is 10.9 Å². The molecule has 0 saturated carbocycles. The highest BCUT2D eigenvalue weighted by Gasteiger charge is 2.53. The number of carbonyl (C=O) groups is 4. The maximum atomic E-state index is 15.5. The van der Waals surface area contributed by atoms with Crippen molar-refractivity contribution in [3.05, 3.63) is 82.4 Å². The Balaban J connectivity index is 0.947. The van der Waals surface area contributed by atoms with Gasteiger partial charge in [-0.3, -0.25) is 29.0 Å². The highest BCUT2D eigenvalue weighted by atomic mass is 32.1. The number of rotatable bonds is 18. The van der Waals surface area contributed by atoms with Crippen molar-refractivity contribution in [2.24, 2.45) is 5.41 Å². The van der Waals surface area contributed by atoms with E-state index in [1.54, 1.807) is 21.7 Å². The van der Waals surface area contributed by atoms with Gasteiger partial charge in [0.05, 0.1) is 66.5 Å². The molecule has 2 saturated heterocycles. The van der Waals surface area contributed by atoms with Crippen LogP contribution in [-0.2, 0) is 41.4 Å². The smallest absolute Gasteiger partial charge is 0.420 e. The number of hydrogen-bond acceptors (Lipinski definition) is 13. The van der Waals surface area contributed by atoms with Crippen LogP contribution >= 0.6 is 23.6 Å². The van der Waals surface area contributed by atoms with Crippen LogP contribution in [0.15, 0.2) is 54.2 Å². The molecule has 2 aromatic carbocycles. The zero-order valence-electron chi connectivity index (χ0n) is 39.0. The van der Waals surface area contributed by atoms with E-state index in [1.165, 1.54) is 44.2 Å². The number of halogens is 4. The molecule has 0 radical (unpaired) electrons. The van der Waals surface area contributed by atoms with Crippen molar-refractivity contribution in [1.29, 1.82) is 5.26 Å². The molecular weight excluding hydrogens is 945 g/mol. The number of nitriles is 1. The number of carbonyl (C=O) groups excluding carboxylic acids is 4. The summed E-state index contributed by atoms with van der Waals surface area (Å²) in [5.41, 5.74) is -0.917. The standard InChI is InChI=1S/C47H52F4N8O8S2/c1-27-39(69-26-55-27)29-12-10-28(11-13-29)23-54-41(61)32-9-8-16-57(32)42(62)40(45(2,3)4)56-35(60)25-66-18-17-65-19-20-67-36-21-34(64-7)33(24-53-36)59-44(68)58(43(63)46(59,5)6)31-15-14-30(22-52)37(38(31)48)47(49,50)51/h10-15,21,24,26,32,40H,8-9,16-20,23,25H2,1-7H3,(H,54,61)(H,56,60). The largest absolute Gasteiger partial charge is 0.494 e. The second-order valence-corrected chi connectivity index (χ2v) is 18.9. The van der Waals surface area contributed by atoms with Gasteiger partial charge in [-0.2, -0.15) is 18.4 Å². The van der Waals surface area contributed by atoms with Crippen LogP contribution in [0.2, 0.25) is 0 Å². The Morgan fingerprint density at radius 3 is 2.36 bits per heavy atom. The number of aryl methyl sites for hydroxylation is 1. The molecule has 2 aromatic heterocycles. The molecule has 2 fully saturated rings. The fourth-order valence-corrected chi connectivity index (χ4v) is 9.23. The lowest BCUT2D eigenvalue weighted by molar-refractivity contribution is -0.144. The van der Waals surface area contributed by atoms with Crippen LogP contribution in [-0.4, -0.2) is 108 Å². The quantitative estimate of drug-likeness (QED) is 0.0608. The van der Waals surface area contributed by atoms with Crippen molar-refractivity contribution in [3.8, 4) is 28.1 Å². The Kier molecular flexibility index (Phi) is 16.3. The lowest BCUT2D eigenvalue weighted by atomic mass is 9.85. The lowest BCUT2D eigenvalue weighted by Crippen LogP contribution is -2.58. The van der Waals surface area contributed by atoms with Crippen molar-refractivity contribution < 1.29 is 55.7 Å². The summed E-state index contributed by atoms with van der Waals surface area (Å²) in [5.74, 6) is -3.60. The van der Waals surface area contributed by atoms with Crippen LogP contribution in [0.5, 0.6) is 11.6 Å². The van der Waals surface area contributed by atoms with Crippen LogP contribution in [0.25, 0.3) is 10.4 Å². The molecule has 4 aromatic rings. The van der Waals surface area contributed by atoms with E-state index in [2.05, 4.69) is 20.6 Å². The van der Waals surface area contributed by atoms with Crippen molar-refractivity contribution in [3.63, 3.8) is 0 Å². The lowest BCUT2D eigenvalue weighted by Gasteiger charge is -2.35. The first-order valence-electron chi connectivity index (χ1n) is 21.8. The predicted octanol–water partition coefficient (Wildman–Crippen LogP) is 6.72. The maximum absolute atomic E-state index is 15.5. The number of amides is 4. The first-order chi connectivity index (χ1) is 32.6. The number of anilines is 2. The molecule has 69 heavy (non-hydrogen) atoms. The topological polar surface area (TPSA) is 189 Å². The maximum Gasteiger partial charge on any atom is 0.420 e. The average molecular weight is 997 g/mol. The minimum atomic E-state index is -5.23. The van der Waals surface area contributed by atoms with E-state index in [0.717, 1.165) is 33.8 Å². The molecule has 2 unspecified atom stereocenters. The van der Waals surface area contributed by atoms with Gasteiger partial charge >= 0.3 is 6.18 Å². The molecule has 22 heteroatoms. The van der Waals surface area contributed by atoms with Crippen molar-refractivity contribution in [1.82, 2.24) is 25.5 Å². The van der Waals surface area contributed by atoms with Crippen molar-refractivity contribution in [2.75, 3.05) is 56.5 Å². The molecule has 2 aliphatic rings. The number of nitrogens with zero attached hydrogens (tertiary/aromatic N) is 6. The average Bonchev–Trinajstić information content (AvgIpc) is 4.01. The second-order valence-electron chi connectivity index (χ2n) is 17.7. The van der Waals surface area contributed by atoms with Crippen LogP contribution in [0.3, 0.4) is 0 Å². The van der Waals surface area contributed by atoms with Crippen LogP contribution < -0.4 is 29.9 Å². The molecule has 2 N–H and O–H groups in total. The summed E-state index contributed by atoms with van der Waals surface area (Å²) in [7, 11) is 1.33. The molecule has 2 aliphatic heterocycles. The summed E-state index contributed by atoms with van der Waals surface area (Å²) in [6.45, 7) is 10.9. The summed E-state index contributed by atoms with van der Waals surface area (Å²) in [6.07, 6.45) is -2.81. The SMILES string of the molecule is COc1cc(OCCOCCOCC(=O)NC(C(=O)N2CCCC2C(=O)NCc2ccc(-c3scnc3C)cc2)C(C)(C)C)ncc1N1C(=S)N(c2ccc(C#N)c(C(F)(F)F)c2F)C(=O)C1(C)C. The van der Waals surface area contributed by atoms with Gasteiger partial charge in [-0.1, -0.05) is 45.0 Å². The van der Waals surface area contributed by atoms with Gasteiger partial charge in [0.2, 0.25) is 23.6 Å². The number of nitrogens with one attached hydrogen (secondary N) is 2. The Morgan fingerprint density at radius 1 is 1.03 bits per heavy atom. The number of methoxy groups -OCH3 is 1. The van der Waals surface area contributed by atoms with Crippen LogP contribution in [0.1, 0.15) is 69.8 Å². The van der Waals surface area contributed by atoms with Gasteiger partial charge in [0.1, 0.15) is 47.8 Å². The van der Waals surface area contributed by atoms with Gasteiger partial charge in [0, 0.05) is 19.2 Å². The minimum absolute atomic E-state index is 0.0151. The molecule has 0 aliphatic carbocycles. The van der Waals surface area contributed by atoms with E-state index in [9.17, 15) is 37.6 Å². The molecule has 368 valence electrons. The zero-order chi connectivity index (χ0) is 50.4. The van der Waals surface area contributed by atoms with Gasteiger partial charge < -0.3 is 34.5 Å². The molecule has 4 heterocycles. The third-order valence-electron chi connectivity index (χ3n) is 11.5. The normalized spacial score (nSPS) is 16.4. The molecule has 4 amide bonds. The molecule has 0 bridgehead atoms. The number of benzene rings is 2. The second kappa shape index (κ2) is 21.6. The van der Waals surface area contributed by atoms with Crippen LogP contribution in [0, 0.1) is 29.5 Å². The van der Waals surface area contributed by atoms with Gasteiger partial charge in [-0.25, -0.2) is 14.4 Å². The minimum Gasteiger partial charge on any atom is -0.494 e. The molecule has 16 nitrogen and oxygen atoms in total. The van der Waals surface area contributed by atoms with Crippen LogP contribution in [0.4, 0.5) is 28.9 Å². The Morgan fingerprint density at radius 2 is 1.72 bits per heavy atom. The Hall–Kier alpha value is -6.28. The fourth-order valence-electron chi connectivity index (χ4n) is 7.91. The van der Waals surface area contributed by atoms with E-state index in [-0.39, 0.29) is 67.3 Å². The predicted molar refractivity (Wildman–Crippen MR) is 251 cm³/mol. The number of hydrogen-bond donors (Lipinski definition) is 2. The molecule has 0 spiro atoms. The Bertz CT molecular complexity index is 2620. The van der Waals surface area contributed by atoms with Gasteiger partial charge in [-0.15, -0.1) is 11.3 Å². The highest BCUT2D eigenvalue weighted by Crippen LogP contribution is 2.44. The number of aromatic nitrogens is 2. The van der Waals surface area contributed by atoms with Crippen molar-refractivity contribution in [2.45, 2.75) is 84.7 Å². The summed E-state index contributed by atoms with van der Waals surface area (Å²) < 4.78 is 79.2. The van der Waals surface area contributed by atoms with E-state index in [0.29, 0.717) is 30.8 Å². The summed E-state index contributed by atoms with van der Waals surface area (Å²) in [5, 5.41) is 14.6. The van der Waals surface area contributed by atoms with E-state index in [4.69, 9.17) is 31.2 Å². The van der Waals surface area contributed by atoms with Gasteiger partial charge in [-0.05, 0) is 74.5 Å². The number of thiazole rings is 1. The molecular formula is C47H52F4N8O8S2. The first kappa shape index (κ1) is 52.1. The number of thiocarbonyl (C=S) groups is 1. The van der Waals surface area contributed by atoms with E-state index >= 15 is 4.39 Å². The monoisotopic (exact) mass is 996 g/mol. The number of pyridine rings is 1. The third kappa shape index (κ3) is 11.6. The van der Waals surface area contributed by atoms with E-state index < -0.39 is 63.7 Å². The number of likely N-dealkylation sites (tertiary alicyclic amines) is 1. The first-order valence-corrected chi connectivity index (χ1v) is 23.1. The zero-order valence-corrected chi connectivity index (χ0v) is 40.6. The highest BCUT2D eigenvalue weighted by molar-refractivity contribution is 7.81. The number of ether oxygens (including phenoxy) is 4. The summed E-state index contributed by atoms with van der Waals surface area (Å²) in [4.78, 5) is 67.1. The third-order valence-corrected chi connectivity index (χ3v) is 12.8. The van der Waals surface area contributed by atoms with Gasteiger partial charge in [0.25, 0.3) is 5.91 Å². The number of alkyl halides is 3. The molecule has 2 atom stereocenters. The Labute approximate surface area is 405 Å². The van der Waals surface area contributed by atoms with Crippen molar-refractivity contribution >= 4 is 63.7 Å². The molecule has 6 rings (SSSR count). The summed E-state index contributed by atoms with van der Waals surface area (Å²) in [6, 6.07) is 10.7.